The summed E-state index contributed by atoms with van der Waals surface area (Å²) in [5.74, 6) is -0.424. The van der Waals surface area contributed by atoms with Crippen molar-refractivity contribution in [2.24, 2.45) is 0 Å². The Bertz CT molecular complexity index is 1300. The zero-order chi connectivity index (χ0) is 27.9. The Morgan fingerprint density at radius 3 is 2.68 bits per heavy atom. The number of thiophene rings is 1. The molecule has 10 nitrogen and oxygen atoms in total. The minimum Gasteiger partial charge on any atom is -0.459 e. The number of nitrogen functional groups attached to an aromatic ring is 1. The van der Waals surface area contributed by atoms with Crippen LogP contribution >= 0.6 is 11.3 Å². The normalized spacial score (nSPS) is 11.5. The lowest BCUT2D eigenvalue weighted by Gasteiger charge is -2.20. The van der Waals surface area contributed by atoms with Crippen molar-refractivity contribution in [1.82, 2.24) is 20.2 Å². The molecule has 0 unspecified atom stereocenters. The number of rotatable bonds is 12. The van der Waals surface area contributed by atoms with Crippen LogP contribution in [0.3, 0.4) is 0 Å². The number of nitrogens with one attached hydrogen (secondary N) is 2. The molecule has 3 aromatic rings. The summed E-state index contributed by atoms with van der Waals surface area (Å²) in [4.78, 5) is 37.7. The Hall–Kier alpha value is -3.54. The van der Waals surface area contributed by atoms with Crippen LogP contribution in [0.5, 0.6) is 6.01 Å². The van der Waals surface area contributed by atoms with E-state index < -0.39 is 5.54 Å². The van der Waals surface area contributed by atoms with Gasteiger partial charge in [-0.15, -0.1) is 11.3 Å². The second kappa shape index (κ2) is 12.8. The number of anilines is 2. The molecule has 1 aromatic carbocycles. The zero-order valence-corrected chi connectivity index (χ0v) is 23.4. The molecule has 4 N–H and O–H groups in total. The van der Waals surface area contributed by atoms with Crippen LogP contribution in [0.2, 0.25) is 0 Å². The number of likely N-dealkylation sites (N-methyl/N-ethyl adjacent to an activating group) is 1. The van der Waals surface area contributed by atoms with Crippen molar-refractivity contribution < 1.29 is 19.1 Å². The SMILES string of the molecule is C=CCOc1nc(-c2cccc(NC(=O)CN(CC)CCOC)c2)c2c(N)c(C(=O)NC(C)(C)C)sc2n1. The highest BCUT2D eigenvalue weighted by molar-refractivity contribution is 7.21. The molecule has 0 fully saturated rings. The van der Waals surface area contributed by atoms with Crippen molar-refractivity contribution in [3.8, 4) is 17.3 Å². The summed E-state index contributed by atoms with van der Waals surface area (Å²) in [6.07, 6.45) is 1.60. The fourth-order valence-corrected chi connectivity index (χ4v) is 4.67. The van der Waals surface area contributed by atoms with Gasteiger partial charge < -0.3 is 25.8 Å². The highest BCUT2D eigenvalue weighted by Crippen LogP contribution is 2.40. The molecule has 0 aliphatic rings. The van der Waals surface area contributed by atoms with Crippen LogP contribution in [0.25, 0.3) is 21.5 Å². The maximum Gasteiger partial charge on any atom is 0.318 e. The van der Waals surface area contributed by atoms with E-state index in [9.17, 15) is 9.59 Å². The van der Waals surface area contributed by atoms with Crippen molar-refractivity contribution in [1.29, 1.82) is 0 Å². The third kappa shape index (κ3) is 7.50. The molecule has 0 aliphatic carbocycles. The van der Waals surface area contributed by atoms with Crippen LogP contribution in [0.1, 0.15) is 37.4 Å². The predicted octanol–water partition coefficient (Wildman–Crippen LogP) is 3.94. The number of carbonyl (C=O) groups excluding carboxylic acids is 2. The van der Waals surface area contributed by atoms with Crippen molar-refractivity contribution in [3.63, 3.8) is 0 Å². The topological polar surface area (TPSA) is 132 Å². The molecular weight excluding hydrogens is 504 g/mol. The molecule has 0 saturated heterocycles. The van der Waals surface area contributed by atoms with Gasteiger partial charge in [-0.3, -0.25) is 14.5 Å². The van der Waals surface area contributed by atoms with E-state index >= 15 is 0 Å². The van der Waals surface area contributed by atoms with E-state index in [1.165, 1.54) is 11.3 Å². The highest BCUT2D eigenvalue weighted by Gasteiger charge is 2.25. The van der Waals surface area contributed by atoms with Gasteiger partial charge in [0.15, 0.2) is 0 Å². The number of aromatic nitrogens is 2. The number of nitrogens with zero attached hydrogens (tertiary/aromatic N) is 3. The van der Waals surface area contributed by atoms with Crippen molar-refractivity contribution >= 4 is 44.7 Å². The summed E-state index contributed by atoms with van der Waals surface area (Å²) in [7, 11) is 1.64. The summed E-state index contributed by atoms with van der Waals surface area (Å²) < 4.78 is 10.8. The number of nitrogens with two attached hydrogens (primary N) is 1. The maximum atomic E-state index is 13.0. The first kappa shape index (κ1) is 29.0. The summed E-state index contributed by atoms with van der Waals surface area (Å²) in [6.45, 7) is 13.8. The molecule has 2 heterocycles. The molecule has 2 aromatic heterocycles. The van der Waals surface area contributed by atoms with Crippen LogP contribution in [-0.4, -0.2) is 72.2 Å². The Morgan fingerprint density at radius 2 is 2.03 bits per heavy atom. The van der Waals surface area contributed by atoms with Gasteiger partial charge in [0.05, 0.1) is 29.9 Å². The number of benzene rings is 1. The summed E-state index contributed by atoms with van der Waals surface area (Å²) >= 11 is 1.18. The first-order valence-electron chi connectivity index (χ1n) is 12.3. The summed E-state index contributed by atoms with van der Waals surface area (Å²) in [5, 5.41) is 6.46. The molecule has 11 heteroatoms. The van der Waals surface area contributed by atoms with Crippen LogP contribution in [0.4, 0.5) is 11.4 Å². The van der Waals surface area contributed by atoms with E-state index in [0.29, 0.717) is 50.9 Å². The molecule has 0 bridgehead atoms. The van der Waals surface area contributed by atoms with E-state index in [2.05, 4.69) is 27.2 Å². The van der Waals surface area contributed by atoms with E-state index in [4.69, 9.17) is 15.2 Å². The van der Waals surface area contributed by atoms with Gasteiger partial charge in [0.2, 0.25) is 5.91 Å². The lowest BCUT2D eigenvalue weighted by molar-refractivity contribution is -0.117. The molecule has 38 heavy (non-hydrogen) atoms. The van der Waals surface area contributed by atoms with Gasteiger partial charge in [-0.25, -0.2) is 0 Å². The van der Waals surface area contributed by atoms with E-state index in [-0.39, 0.29) is 31.0 Å². The highest BCUT2D eigenvalue weighted by atomic mass is 32.1. The number of hydrogen-bond acceptors (Lipinski definition) is 9. The fraction of sp³-hybridized carbons (Fsp3) is 0.407. The largest absolute Gasteiger partial charge is 0.459 e. The minimum absolute atomic E-state index is 0.140. The lowest BCUT2D eigenvalue weighted by atomic mass is 10.1. The van der Waals surface area contributed by atoms with Crippen molar-refractivity contribution in [2.45, 2.75) is 33.2 Å². The second-order valence-electron chi connectivity index (χ2n) is 9.67. The molecule has 0 spiro atoms. The number of carbonyl (C=O) groups is 2. The molecule has 2 amide bonds. The Morgan fingerprint density at radius 1 is 1.26 bits per heavy atom. The van der Waals surface area contributed by atoms with Gasteiger partial charge in [0.25, 0.3) is 5.91 Å². The standard InChI is InChI=1S/C27H36N6O4S/c1-7-13-37-26-30-22(20-21(28)23(38-25(20)31-26)24(35)32-27(3,4)5)17-10-9-11-18(15-17)29-19(34)16-33(8-2)12-14-36-6/h7,9-11,15H,1,8,12-14,16,28H2,2-6H3,(H,29,34)(H,32,35). The summed E-state index contributed by atoms with van der Waals surface area (Å²) in [6, 6.07) is 7.44. The first-order chi connectivity index (χ1) is 18.1. The molecule has 0 radical (unpaired) electrons. The van der Waals surface area contributed by atoms with Crippen LogP contribution in [0, 0.1) is 0 Å². The molecular formula is C27H36N6O4S. The van der Waals surface area contributed by atoms with Gasteiger partial charge in [-0.2, -0.15) is 9.97 Å². The average molecular weight is 541 g/mol. The van der Waals surface area contributed by atoms with Crippen LogP contribution in [0.15, 0.2) is 36.9 Å². The van der Waals surface area contributed by atoms with Crippen LogP contribution in [-0.2, 0) is 9.53 Å². The van der Waals surface area contributed by atoms with Gasteiger partial charge in [0.1, 0.15) is 16.3 Å². The smallest absolute Gasteiger partial charge is 0.318 e. The quantitative estimate of drug-likeness (QED) is 0.294. The number of amides is 2. The average Bonchev–Trinajstić information content (AvgIpc) is 3.20. The van der Waals surface area contributed by atoms with E-state index in [1.807, 2.05) is 50.8 Å². The zero-order valence-electron chi connectivity index (χ0n) is 22.6. The molecule has 0 saturated carbocycles. The second-order valence-corrected chi connectivity index (χ2v) is 10.7. The van der Waals surface area contributed by atoms with Crippen molar-refractivity contribution in [3.05, 3.63) is 41.8 Å². The van der Waals surface area contributed by atoms with Crippen molar-refractivity contribution in [2.75, 3.05) is 51.0 Å². The number of fused-ring (bicyclic) bond motifs is 1. The third-order valence-electron chi connectivity index (χ3n) is 5.44. The van der Waals surface area contributed by atoms with Gasteiger partial charge in [-0.1, -0.05) is 31.7 Å². The number of hydrogen-bond donors (Lipinski definition) is 3. The lowest BCUT2D eigenvalue weighted by Crippen LogP contribution is -2.40. The molecule has 204 valence electrons. The summed E-state index contributed by atoms with van der Waals surface area (Å²) in [5.41, 5.74) is 8.17. The molecule has 0 atom stereocenters. The number of methoxy groups -OCH3 is 1. The molecule has 3 rings (SSSR count). The van der Waals surface area contributed by atoms with E-state index in [0.717, 1.165) is 6.54 Å². The van der Waals surface area contributed by atoms with E-state index in [1.54, 1.807) is 19.3 Å². The third-order valence-corrected chi connectivity index (χ3v) is 6.54. The minimum atomic E-state index is -0.435. The fourth-order valence-electron chi connectivity index (χ4n) is 3.69. The Labute approximate surface area is 227 Å². The maximum absolute atomic E-state index is 13.0. The Balaban J connectivity index is 2.00. The first-order valence-corrected chi connectivity index (χ1v) is 13.2. The van der Waals surface area contributed by atoms with Gasteiger partial charge >= 0.3 is 6.01 Å². The van der Waals surface area contributed by atoms with Gasteiger partial charge in [0, 0.05) is 30.4 Å². The monoisotopic (exact) mass is 540 g/mol. The number of ether oxygens (including phenoxy) is 2. The van der Waals surface area contributed by atoms with Gasteiger partial charge in [-0.05, 0) is 39.4 Å². The van der Waals surface area contributed by atoms with Crippen LogP contribution < -0.4 is 21.1 Å². The molecule has 0 aliphatic heterocycles. The predicted molar refractivity (Wildman–Crippen MR) is 153 cm³/mol. The Kier molecular flexibility index (Phi) is 9.78.